The van der Waals surface area contributed by atoms with Crippen LogP contribution in [0.3, 0.4) is 0 Å². The molecule has 1 aromatic carbocycles. The zero-order valence-electron chi connectivity index (χ0n) is 12.4. The van der Waals surface area contributed by atoms with Gasteiger partial charge in [0.1, 0.15) is 0 Å². The highest BCUT2D eigenvalue weighted by Gasteiger charge is 2.13. The zero-order chi connectivity index (χ0) is 14.6. The van der Waals surface area contributed by atoms with Gasteiger partial charge in [-0.2, -0.15) is 0 Å². The van der Waals surface area contributed by atoms with E-state index >= 15 is 0 Å². The lowest BCUT2D eigenvalue weighted by Crippen LogP contribution is -2.29. The van der Waals surface area contributed by atoms with E-state index in [-0.39, 0.29) is 12.1 Å². The largest absolute Gasteiger partial charge is 0.391 e. The van der Waals surface area contributed by atoms with Crippen LogP contribution in [-0.2, 0) is 0 Å². The summed E-state index contributed by atoms with van der Waals surface area (Å²) in [6, 6.07) is 5.92. The molecule has 0 aliphatic carbocycles. The molecule has 0 aliphatic heterocycles. The molecule has 0 aliphatic rings. The van der Waals surface area contributed by atoms with Gasteiger partial charge in [-0.05, 0) is 52.3 Å². The standard InChI is InChI=1S/C15H26N2O2/c1-9-14(16-10(2)12(4)18)7-6-8-15(9)17-11(3)13(5)19/h6-8,10-13,16-19H,1-5H3. The van der Waals surface area contributed by atoms with E-state index in [9.17, 15) is 10.2 Å². The molecule has 0 aromatic heterocycles. The Morgan fingerprint density at radius 3 is 1.53 bits per heavy atom. The maximum atomic E-state index is 9.55. The van der Waals surface area contributed by atoms with E-state index in [1.165, 1.54) is 0 Å². The minimum absolute atomic E-state index is 0.0110. The van der Waals surface area contributed by atoms with Gasteiger partial charge in [-0.3, -0.25) is 0 Å². The minimum Gasteiger partial charge on any atom is -0.391 e. The molecule has 1 aromatic rings. The first-order valence-corrected chi connectivity index (χ1v) is 6.81. The molecule has 4 atom stereocenters. The highest BCUT2D eigenvalue weighted by molar-refractivity contribution is 5.65. The van der Waals surface area contributed by atoms with Gasteiger partial charge in [-0.25, -0.2) is 0 Å². The molecule has 0 fully saturated rings. The molecule has 19 heavy (non-hydrogen) atoms. The third kappa shape index (κ3) is 4.40. The summed E-state index contributed by atoms with van der Waals surface area (Å²) in [6.07, 6.45) is -0.820. The number of hydrogen-bond donors (Lipinski definition) is 4. The maximum absolute atomic E-state index is 9.55. The van der Waals surface area contributed by atoms with Gasteiger partial charge in [-0.15, -0.1) is 0 Å². The van der Waals surface area contributed by atoms with Crippen molar-refractivity contribution in [3.05, 3.63) is 23.8 Å². The fourth-order valence-corrected chi connectivity index (χ4v) is 1.68. The summed E-state index contributed by atoms with van der Waals surface area (Å²) in [6.45, 7) is 9.45. The Morgan fingerprint density at radius 2 is 1.21 bits per heavy atom. The molecule has 1 rings (SSSR count). The Bertz CT molecular complexity index is 371. The van der Waals surface area contributed by atoms with Crippen LogP contribution in [0, 0.1) is 6.92 Å². The summed E-state index contributed by atoms with van der Waals surface area (Å²) in [5.41, 5.74) is 3.08. The molecule has 0 amide bonds. The van der Waals surface area contributed by atoms with Crippen molar-refractivity contribution in [3.63, 3.8) is 0 Å². The van der Waals surface area contributed by atoms with Gasteiger partial charge >= 0.3 is 0 Å². The van der Waals surface area contributed by atoms with Crippen LogP contribution in [0.1, 0.15) is 33.3 Å². The summed E-state index contributed by atoms with van der Waals surface area (Å²) >= 11 is 0. The van der Waals surface area contributed by atoms with E-state index in [4.69, 9.17) is 0 Å². The smallest absolute Gasteiger partial charge is 0.0710 e. The van der Waals surface area contributed by atoms with E-state index in [0.717, 1.165) is 16.9 Å². The lowest BCUT2D eigenvalue weighted by molar-refractivity contribution is 0.178. The topological polar surface area (TPSA) is 64.5 Å². The molecule has 0 bridgehead atoms. The molecule has 0 saturated heterocycles. The van der Waals surface area contributed by atoms with Crippen LogP contribution in [-0.4, -0.2) is 34.5 Å². The molecule has 0 radical (unpaired) electrons. The summed E-state index contributed by atoms with van der Waals surface area (Å²) in [7, 11) is 0. The van der Waals surface area contributed by atoms with Crippen molar-refractivity contribution in [1.29, 1.82) is 0 Å². The lowest BCUT2D eigenvalue weighted by Gasteiger charge is -2.23. The molecule has 0 heterocycles. The van der Waals surface area contributed by atoms with Gasteiger partial charge in [0, 0.05) is 23.5 Å². The quantitative estimate of drug-likeness (QED) is 0.638. The number of anilines is 2. The van der Waals surface area contributed by atoms with Crippen LogP contribution < -0.4 is 10.6 Å². The maximum Gasteiger partial charge on any atom is 0.0710 e. The van der Waals surface area contributed by atoms with E-state index in [2.05, 4.69) is 10.6 Å². The van der Waals surface area contributed by atoms with E-state index in [1.54, 1.807) is 13.8 Å². The van der Waals surface area contributed by atoms with E-state index in [0.29, 0.717) is 0 Å². The predicted molar refractivity (Wildman–Crippen MR) is 80.7 cm³/mol. The fraction of sp³-hybridized carbons (Fsp3) is 0.600. The second kappa shape index (κ2) is 6.78. The van der Waals surface area contributed by atoms with Gasteiger partial charge in [0.05, 0.1) is 12.2 Å². The van der Waals surface area contributed by atoms with Crippen molar-refractivity contribution in [3.8, 4) is 0 Å². The highest BCUT2D eigenvalue weighted by atomic mass is 16.3. The van der Waals surface area contributed by atoms with Crippen molar-refractivity contribution in [1.82, 2.24) is 0 Å². The predicted octanol–water partition coefficient (Wildman–Crippen LogP) is 2.36. The molecule has 4 N–H and O–H groups in total. The van der Waals surface area contributed by atoms with Crippen molar-refractivity contribution >= 4 is 11.4 Å². The number of aliphatic hydroxyl groups is 2. The minimum atomic E-state index is -0.410. The number of benzene rings is 1. The molecular formula is C15H26N2O2. The van der Waals surface area contributed by atoms with Crippen molar-refractivity contribution in [2.45, 2.75) is 58.9 Å². The van der Waals surface area contributed by atoms with Crippen LogP contribution in [0.15, 0.2) is 18.2 Å². The van der Waals surface area contributed by atoms with Gasteiger partial charge in [0.25, 0.3) is 0 Å². The Labute approximate surface area is 115 Å². The number of hydrogen-bond acceptors (Lipinski definition) is 4. The van der Waals surface area contributed by atoms with Gasteiger partial charge in [-0.1, -0.05) is 6.07 Å². The molecular weight excluding hydrogens is 240 g/mol. The Morgan fingerprint density at radius 1 is 0.842 bits per heavy atom. The molecule has 0 spiro atoms. The van der Waals surface area contributed by atoms with Crippen LogP contribution in [0.5, 0.6) is 0 Å². The highest BCUT2D eigenvalue weighted by Crippen LogP contribution is 2.25. The Kier molecular flexibility index (Phi) is 5.63. The first-order valence-electron chi connectivity index (χ1n) is 6.81. The number of aliphatic hydroxyl groups excluding tert-OH is 2. The molecule has 4 heteroatoms. The average molecular weight is 266 g/mol. The summed E-state index contributed by atoms with van der Waals surface area (Å²) in [4.78, 5) is 0. The van der Waals surface area contributed by atoms with Crippen LogP contribution >= 0.6 is 0 Å². The molecule has 0 saturated carbocycles. The number of nitrogens with one attached hydrogen (secondary N) is 2. The average Bonchev–Trinajstić information content (AvgIpc) is 2.33. The monoisotopic (exact) mass is 266 g/mol. The normalized spacial score (nSPS) is 17.4. The second-order valence-corrected chi connectivity index (χ2v) is 5.33. The Hall–Kier alpha value is -1.26. The first kappa shape index (κ1) is 15.8. The Balaban J connectivity index is 2.86. The second-order valence-electron chi connectivity index (χ2n) is 5.33. The molecule has 4 unspecified atom stereocenters. The van der Waals surface area contributed by atoms with E-state index < -0.39 is 12.2 Å². The van der Waals surface area contributed by atoms with Gasteiger partial charge in [0.2, 0.25) is 0 Å². The van der Waals surface area contributed by atoms with Crippen molar-refractivity contribution in [2.24, 2.45) is 0 Å². The molecule has 108 valence electrons. The van der Waals surface area contributed by atoms with Gasteiger partial charge in [0.15, 0.2) is 0 Å². The summed E-state index contributed by atoms with van der Waals surface area (Å²) in [5, 5.41) is 25.7. The molecule has 4 nitrogen and oxygen atoms in total. The summed E-state index contributed by atoms with van der Waals surface area (Å²) in [5.74, 6) is 0. The van der Waals surface area contributed by atoms with Crippen LogP contribution in [0.25, 0.3) is 0 Å². The summed E-state index contributed by atoms with van der Waals surface area (Å²) < 4.78 is 0. The first-order chi connectivity index (χ1) is 8.82. The van der Waals surface area contributed by atoms with Crippen molar-refractivity contribution < 1.29 is 10.2 Å². The third-order valence-corrected chi connectivity index (χ3v) is 3.55. The van der Waals surface area contributed by atoms with Crippen molar-refractivity contribution in [2.75, 3.05) is 10.6 Å². The SMILES string of the molecule is Cc1c(NC(C)C(C)O)cccc1NC(C)C(C)O. The van der Waals surface area contributed by atoms with Crippen LogP contribution in [0.2, 0.25) is 0 Å². The van der Waals surface area contributed by atoms with E-state index in [1.807, 2.05) is 39.0 Å². The third-order valence-electron chi connectivity index (χ3n) is 3.55. The van der Waals surface area contributed by atoms with Crippen LogP contribution in [0.4, 0.5) is 11.4 Å². The number of rotatable bonds is 6. The van der Waals surface area contributed by atoms with Gasteiger partial charge < -0.3 is 20.8 Å². The zero-order valence-corrected chi connectivity index (χ0v) is 12.4. The lowest BCUT2D eigenvalue weighted by atomic mass is 10.1. The fourth-order valence-electron chi connectivity index (χ4n) is 1.68.